The number of rotatable bonds is 3. The summed E-state index contributed by atoms with van der Waals surface area (Å²) in [6, 6.07) is 3.52. The molecule has 102 valence electrons. The van der Waals surface area contributed by atoms with Crippen molar-refractivity contribution in [3.63, 3.8) is 0 Å². The third kappa shape index (κ3) is 4.61. The molecule has 0 bridgehead atoms. The van der Waals surface area contributed by atoms with Gasteiger partial charge in [0, 0.05) is 7.14 Å². The Balaban J connectivity index is 3.10. The molecule has 0 radical (unpaired) electrons. The van der Waals surface area contributed by atoms with E-state index in [0.717, 1.165) is 9.13 Å². The van der Waals surface area contributed by atoms with Crippen LogP contribution in [0.5, 0.6) is 0 Å². The zero-order valence-corrected chi connectivity index (χ0v) is 15.9. The average Bonchev–Trinajstić information content (AvgIpc) is 2.19. The Kier molecular flexibility index (Phi) is 5.48. The number of hydrogen-bond donors (Lipinski definition) is 0. The predicted octanol–water partition coefficient (Wildman–Crippen LogP) is 3.96. The van der Waals surface area contributed by atoms with Crippen molar-refractivity contribution in [3.05, 3.63) is 24.8 Å². The summed E-state index contributed by atoms with van der Waals surface area (Å²) in [6.07, 6.45) is 0. The van der Waals surface area contributed by atoms with Crippen LogP contribution in [-0.4, -0.2) is 15.0 Å². The van der Waals surface area contributed by atoms with E-state index in [0.29, 0.717) is 3.57 Å². The maximum Gasteiger partial charge on any atom is 0.298 e. The summed E-state index contributed by atoms with van der Waals surface area (Å²) in [5.74, 6) is 0. The molecule has 3 nitrogen and oxygen atoms in total. The molecule has 18 heavy (non-hydrogen) atoms. The minimum atomic E-state index is -3.67. The lowest BCUT2D eigenvalue weighted by atomic mass is 9.99. The normalized spacial score (nSPS) is 12.8. The van der Waals surface area contributed by atoms with Crippen LogP contribution in [-0.2, 0) is 14.3 Å². The van der Waals surface area contributed by atoms with E-state index in [-0.39, 0.29) is 16.9 Å². The van der Waals surface area contributed by atoms with Gasteiger partial charge in [0.05, 0.1) is 6.61 Å². The van der Waals surface area contributed by atoms with Gasteiger partial charge in [-0.3, -0.25) is 4.18 Å². The van der Waals surface area contributed by atoms with E-state index < -0.39 is 10.1 Å². The zero-order chi connectivity index (χ0) is 14.1. The smallest absolute Gasteiger partial charge is 0.266 e. The molecule has 0 atom stereocenters. The second-order valence-electron chi connectivity index (χ2n) is 5.31. The molecule has 0 aliphatic carbocycles. The van der Waals surface area contributed by atoms with E-state index in [1.54, 1.807) is 6.07 Å². The summed E-state index contributed by atoms with van der Waals surface area (Å²) >= 11 is 4.21. The first-order chi connectivity index (χ1) is 8.03. The molecule has 0 unspecified atom stereocenters. The van der Waals surface area contributed by atoms with Crippen LogP contribution in [0.15, 0.2) is 17.0 Å². The summed E-state index contributed by atoms with van der Waals surface area (Å²) < 4.78 is 31.1. The summed E-state index contributed by atoms with van der Waals surface area (Å²) in [5, 5.41) is 0. The molecule has 0 heterocycles. The quantitative estimate of drug-likeness (QED) is 0.473. The summed E-state index contributed by atoms with van der Waals surface area (Å²) in [6.45, 7) is 7.88. The van der Waals surface area contributed by atoms with Crippen LogP contribution < -0.4 is 0 Å². The molecule has 6 heteroatoms. The number of halogens is 2. The molecule has 1 aromatic rings. The molecule has 0 spiro atoms. The fourth-order valence-electron chi connectivity index (χ4n) is 1.14. The predicted molar refractivity (Wildman–Crippen MR) is 89.2 cm³/mol. The Morgan fingerprint density at radius 2 is 1.72 bits per heavy atom. The van der Waals surface area contributed by atoms with Crippen LogP contribution in [0.3, 0.4) is 0 Å². The van der Waals surface area contributed by atoms with Crippen LogP contribution in [0.25, 0.3) is 0 Å². The fourth-order valence-corrected chi connectivity index (χ4v) is 4.73. The molecule has 0 amide bonds. The molecule has 0 N–H and O–H groups in total. The minimum Gasteiger partial charge on any atom is -0.266 e. The molecular formula is C12H16I2O3S. The average molecular weight is 494 g/mol. The van der Waals surface area contributed by atoms with E-state index in [9.17, 15) is 8.42 Å². The maximum absolute atomic E-state index is 12.1. The van der Waals surface area contributed by atoms with Crippen molar-refractivity contribution in [2.24, 2.45) is 5.41 Å². The molecular weight excluding hydrogens is 478 g/mol. The topological polar surface area (TPSA) is 43.4 Å². The molecule has 0 fully saturated rings. The second-order valence-corrected chi connectivity index (χ2v) is 9.22. The summed E-state index contributed by atoms with van der Waals surface area (Å²) in [5.41, 5.74) is 0.755. The largest absolute Gasteiger partial charge is 0.298 e. The first kappa shape index (κ1) is 16.6. The van der Waals surface area contributed by atoms with Gasteiger partial charge in [-0.25, -0.2) is 0 Å². The monoisotopic (exact) mass is 494 g/mol. The van der Waals surface area contributed by atoms with Gasteiger partial charge in [-0.2, -0.15) is 8.42 Å². The highest BCUT2D eigenvalue weighted by Gasteiger charge is 2.23. The summed E-state index contributed by atoms with van der Waals surface area (Å²) in [4.78, 5) is 0.255. The highest BCUT2D eigenvalue weighted by Crippen LogP contribution is 2.26. The van der Waals surface area contributed by atoms with Gasteiger partial charge < -0.3 is 0 Å². The van der Waals surface area contributed by atoms with Gasteiger partial charge in [0.1, 0.15) is 4.90 Å². The first-order valence-corrected chi connectivity index (χ1v) is 8.94. The third-order valence-corrected chi connectivity index (χ3v) is 5.85. The van der Waals surface area contributed by atoms with Crippen LogP contribution in [0.2, 0.25) is 0 Å². The van der Waals surface area contributed by atoms with Gasteiger partial charge in [0.15, 0.2) is 0 Å². The highest BCUT2D eigenvalue weighted by atomic mass is 127. The van der Waals surface area contributed by atoms with E-state index in [1.165, 1.54) is 0 Å². The standard InChI is InChI=1S/C12H16I2O3S/c1-8-5-11(10(14)6-9(8)13)18(15,16)17-7-12(2,3)4/h5-6H,7H2,1-4H3. The Hall–Kier alpha value is 0.590. The van der Waals surface area contributed by atoms with Crippen molar-refractivity contribution in [1.29, 1.82) is 0 Å². The van der Waals surface area contributed by atoms with Crippen molar-refractivity contribution >= 4 is 55.3 Å². The molecule has 0 aliphatic heterocycles. The van der Waals surface area contributed by atoms with Crippen LogP contribution >= 0.6 is 45.2 Å². The zero-order valence-electron chi connectivity index (χ0n) is 10.8. The van der Waals surface area contributed by atoms with E-state index in [4.69, 9.17) is 4.18 Å². The summed E-state index contributed by atoms with van der Waals surface area (Å²) in [7, 11) is -3.67. The number of hydrogen-bond acceptors (Lipinski definition) is 3. The van der Waals surface area contributed by atoms with Gasteiger partial charge in [0.2, 0.25) is 0 Å². The third-order valence-electron chi connectivity index (χ3n) is 2.13. The van der Waals surface area contributed by atoms with Gasteiger partial charge in [0.25, 0.3) is 10.1 Å². The van der Waals surface area contributed by atoms with Crippen molar-refractivity contribution in [2.75, 3.05) is 6.61 Å². The first-order valence-electron chi connectivity index (χ1n) is 5.38. The lowest BCUT2D eigenvalue weighted by Crippen LogP contribution is -2.19. The van der Waals surface area contributed by atoms with Gasteiger partial charge in [-0.1, -0.05) is 20.8 Å². The SMILES string of the molecule is Cc1cc(S(=O)(=O)OCC(C)(C)C)c(I)cc1I. The lowest BCUT2D eigenvalue weighted by Gasteiger charge is -2.18. The Morgan fingerprint density at radius 1 is 1.17 bits per heavy atom. The molecule has 0 aromatic heterocycles. The molecule has 0 aliphatic rings. The van der Waals surface area contributed by atoms with Gasteiger partial charge in [-0.05, 0) is 75.2 Å². The second kappa shape index (κ2) is 5.92. The maximum atomic E-state index is 12.1. The highest BCUT2D eigenvalue weighted by molar-refractivity contribution is 14.1. The fraction of sp³-hybridized carbons (Fsp3) is 0.500. The van der Waals surface area contributed by atoms with Crippen LogP contribution in [0.1, 0.15) is 26.3 Å². The molecule has 0 saturated carbocycles. The van der Waals surface area contributed by atoms with Crippen molar-refractivity contribution < 1.29 is 12.6 Å². The van der Waals surface area contributed by atoms with E-state index in [1.807, 2.05) is 56.4 Å². The number of benzene rings is 1. The van der Waals surface area contributed by atoms with Crippen LogP contribution in [0.4, 0.5) is 0 Å². The van der Waals surface area contributed by atoms with Crippen molar-refractivity contribution in [3.8, 4) is 0 Å². The minimum absolute atomic E-state index is 0.177. The Bertz CT molecular complexity index is 545. The van der Waals surface area contributed by atoms with Crippen LogP contribution in [0, 0.1) is 19.5 Å². The van der Waals surface area contributed by atoms with E-state index in [2.05, 4.69) is 22.6 Å². The van der Waals surface area contributed by atoms with Crippen molar-refractivity contribution in [2.45, 2.75) is 32.6 Å². The molecule has 1 aromatic carbocycles. The number of aryl methyl sites for hydroxylation is 1. The van der Waals surface area contributed by atoms with E-state index >= 15 is 0 Å². The molecule has 0 saturated heterocycles. The lowest BCUT2D eigenvalue weighted by molar-refractivity contribution is 0.203. The Morgan fingerprint density at radius 3 is 2.22 bits per heavy atom. The van der Waals surface area contributed by atoms with Crippen molar-refractivity contribution in [1.82, 2.24) is 0 Å². The van der Waals surface area contributed by atoms with Gasteiger partial charge >= 0.3 is 0 Å². The van der Waals surface area contributed by atoms with Gasteiger partial charge in [-0.15, -0.1) is 0 Å². The Labute approximate surface area is 136 Å². The molecule has 1 rings (SSSR count).